The van der Waals surface area contributed by atoms with Gasteiger partial charge in [-0.25, -0.2) is 4.39 Å². The molecule has 1 atom stereocenters. The molecule has 1 unspecified atom stereocenters. The summed E-state index contributed by atoms with van der Waals surface area (Å²) in [5, 5.41) is 13.6. The summed E-state index contributed by atoms with van der Waals surface area (Å²) in [6.07, 6.45) is 2.69. The van der Waals surface area contributed by atoms with Crippen LogP contribution < -0.4 is 10.2 Å². The Hall–Kier alpha value is -2.67. The van der Waals surface area contributed by atoms with E-state index in [0.717, 1.165) is 49.9 Å². The topological polar surface area (TPSA) is 64.0 Å². The van der Waals surface area contributed by atoms with Gasteiger partial charge in [0, 0.05) is 50.8 Å². The summed E-state index contributed by atoms with van der Waals surface area (Å²) >= 11 is 0. The zero-order chi connectivity index (χ0) is 19.1. The molecule has 2 heterocycles. The van der Waals surface area contributed by atoms with Crippen molar-refractivity contribution in [3.8, 4) is 0 Å². The molecule has 27 heavy (non-hydrogen) atoms. The summed E-state index contributed by atoms with van der Waals surface area (Å²) in [5.74, 6) is 0.594. The molecule has 0 spiro atoms. The molecule has 2 N–H and O–H groups in total. The summed E-state index contributed by atoms with van der Waals surface area (Å²) in [6.45, 7) is 6.39. The molecule has 2 aromatic rings. The van der Waals surface area contributed by atoms with Gasteiger partial charge in [0.2, 0.25) is 0 Å². The fourth-order valence-corrected chi connectivity index (χ4v) is 3.12. The normalized spacial score (nSPS) is 16.3. The molecule has 6 nitrogen and oxygen atoms in total. The number of anilines is 1. The molecule has 0 radical (unpaired) electrons. The number of aliphatic imine (C=N–C) groups is 1. The molecule has 1 aromatic carbocycles. The van der Waals surface area contributed by atoms with Crippen LogP contribution in [-0.4, -0.2) is 60.2 Å². The zero-order valence-corrected chi connectivity index (χ0v) is 15.6. The van der Waals surface area contributed by atoms with Gasteiger partial charge in [-0.15, -0.1) is 0 Å². The van der Waals surface area contributed by atoms with E-state index >= 15 is 0 Å². The smallest absolute Gasteiger partial charge is 0.194 e. The molecule has 1 aromatic heterocycles. The summed E-state index contributed by atoms with van der Waals surface area (Å²) in [4.78, 5) is 13.0. The number of benzene rings is 1. The third-order valence-electron chi connectivity index (χ3n) is 4.61. The number of hydrogen-bond donors (Lipinski definition) is 2. The van der Waals surface area contributed by atoms with Gasteiger partial charge in [-0.2, -0.15) is 0 Å². The van der Waals surface area contributed by atoms with Crippen molar-refractivity contribution in [2.75, 3.05) is 44.2 Å². The number of halogens is 1. The molecule has 144 valence electrons. The lowest BCUT2D eigenvalue weighted by molar-refractivity contribution is 0.186. The number of hydrogen-bond acceptors (Lipinski definition) is 4. The summed E-state index contributed by atoms with van der Waals surface area (Å²) in [7, 11) is 0. The van der Waals surface area contributed by atoms with E-state index in [0.29, 0.717) is 6.54 Å². The number of nitrogens with zero attached hydrogens (tertiary/aromatic N) is 4. The predicted octanol–water partition coefficient (Wildman–Crippen LogP) is 2.04. The lowest BCUT2D eigenvalue weighted by Gasteiger charge is -2.37. The SMILES string of the molecule is CCNC(=NCC(O)c1ccncc1)N1CCN(c2ccc(F)cc2)CC1. The molecular formula is C20H26FN5O. The van der Waals surface area contributed by atoms with Crippen LogP contribution in [0.4, 0.5) is 10.1 Å². The van der Waals surface area contributed by atoms with Crippen LogP contribution in [0.3, 0.4) is 0 Å². The van der Waals surface area contributed by atoms with E-state index in [9.17, 15) is 9.50 Å². The van der Waals surface area contributed by atoms with Gasteiger partial charge in [0.15, 0.2) is 5.96 Å². The van der Waals surface area contributed by atoms with Crippen molar-refractivity contribution in [3.05, 3.63) is 60.2 Å². The van der Waals surface area contributed by atoms with Gasteiger partial charge in [0.25, 0.3) is 0 Å². The fourth-order valence-electron chi connectivity index (χ4n) is 3.12. The minimum Gasteiger partial charge on any atom is -0.386 e. The number of piperazine rings is 1. The second kappa shape index (κ2) is 9.32. The van der Waals surface area contributed by atoms with Crippen molar-refractivity contribution in [2.45, 2.75) is 13.0 Å². The first-order valence-corrected chi connectivity index (χ1v) is 9.29. The number of rotatable bonds is 5. The largest absolute Gasteiger partial charge is 0.386 e. The van der Waals surface area contributed by atoms with Gasteiger partial charge < -0.3 is 20.2 Å². The number of aromatic nitrogens is 1. The van der Waals surface area contributed by atoms with Gasteiger partial charge >= 0.3 is 0 Å². The molecule has 0 amide bonds. The number of guanidine groups is 1. The second-order valence-corrected chi connectivity index (χ2v) is 6.44. The van der Waals surface area contributed by atoms with E-state index in [1.165, 1.54) is 12.1 Å². The molecule has 1 saturated heterocycles. The Morgan fingerprint density at radius 3 is 2.44 bits per heavy atom. The Kier molecular flexibility index (Phi) is 6.59. The highest BCUT2D eigenvalue weighted by molar-refractivity contribution is 5.80. The maximum absolute atomic E-state index is 13.1. The fraction of sp³-hybridized carbons (Fsp3) is 0.400. The highest BCUT2D eigenvalue weighted by Gasteiger charge is 2.20. The van der Waals surface area contributed by atoms with Crippen molar-refractivity contribution in [1.82, 2.24) is 15.2 Å². The van der Waals surface area contributed by atoms with Crippen LogP contribution in [0.15, 0.2) is 53.8 Å². The van der Waals surface area contributed by atoms with Crippen LogP contribution in [0, 0.1) is 5.82 Å². The highest BCUT2D eigenvalue weighted by Crippen LogP contribution is 2.17. The van der Waals surface area contributed by atoms with Gasteiger partial charge in [-0.05, 0) is 48.9 Å². The van der Waals surface area contributed by atoms with Crippen LogP contribution in [0.1, 0.15) is 18.6 Å². The standard InChI is InChI=1S/C20H26FN5O/c1-2-23-20(24-15-19(27)16-7-9-22-10-8-16)26-13-11-25(12-14-26)18-5-3-17(21)4-6-18/h3-10,19,27H,2,11-15H2,1H3,(H,23,24). The first-order valence-electron chi connectivity index (χ1n) is 9.29. The maximum Gasteiger partial charge on any atom is 0.194 e. The van der Waals surface area contributed by atoms with Gasteiger partial charge in [0.1, 0.15) is 5.82 Å². The number of nitrogens with one attached hydrogen (secondary N) is 1. The van der Waals surface area contributed by atoms with Crippen molar-refractivity contribution in [3.63, 3.8) is 0 Å². The average Bonchev–Trinajstić information content (AvgIpc) is 2.72. The maximum atomic E-state index is 13.1. The molecule has 1 fully saturated rings. The van der Waals surface area contributed by atoms with Gasteiger partial charge in [0.05, 0.1) is 12.6 Å². The first kappa shape index (κ1) is 19.1. The Morgan fingerprint density at radius 2 is 1.81 bits per heavy atom. The second-order valence-electron chi connectivity index (χ2n) is 6.44. The van der Waals surface area contributed by atoms with Gasteiger partial charge in [-0.3, -0.25) is 9.98 Å². The highest BCUT2D eigenvalue weighted by atomic mass is 19.1. The average molecular weight is 371 g/mol. The molecule has 0 saturated carbocycles. The Balaban J connectivity index is 1.59. The minimum atomic E-state index is -0.651. The van der Waals surface area contributed by atoms with Crippen LogP contribution >= 0.6 is 0 Å². The number of pyridine rings is 1. The minimum absolute atomic E-state index is 0.216. The van der Waals surface area contributed by atoms with Crippen LogP contribution in [-0.2, 0) is 0 Å². The van der Waals surface area contributed by atoms with E-state index < -0.39 is 6.10 Å². The van der Waals surface area contributed by atoms with E-state index in [1.54, 1.807) is 24.5 Å². The van der Waals surface area contributed by atoms with Gasteiger partial charge in [-0.1, -0.05) is 0 Å². The number of aliphatic hydroxyl groups is 1. The number of aliphatic hydroxyl groups excluding tert-OH is 1. The Labute approximate surface area is 159 Å². The molecule has 7 heteroatoms. The third-order valence-corrected chi connectivity index (χ3v) is 4.61. The summed E-state index contributed by atoms with van der Waals surface area (Å²) in [5.41, 5.74) is 1.84. The Morgan fingerprint density at radius 1 is 1.15 bits per heavy atom. The van der Waals surface area contributed by atoms with Crippen molar-refractivity contribution in [2.24, 2.45) is 4.99 Å². The predicted molar refractivity (Wildman–Crippen MR) is 105 cm³/mol. The summed E-state index contributed by atoms with van der Waals surface area (Å²) in [6, 6.07) is 10.2. The molecule has 1 aliphatic rings. The van der Waals surface area contributed by atoms with Crippen LogP contribution in [0.2, 0.25) is 0 Å². The Bertz CT molecular complexity index is 730. The van der Waals surface area contributed by atoms with Crippen molar-refractivity contribution >= 4 is 11.6 Å². The monoisotopic (exact) mass is 371 g/mol. The zero-order valence-electron chi connectivity index (χ0n) is 15.6. The van der Waals surface area contributed by atoms with E-state index in [4.69, 9.17) is 0 Å². The lowest BCUT2D eigenvalue weighted by atomic mass is 10.1. The quantitative estimate of drug-likeness (QED) is 0.622. The first-order chi connectivity index (χ1) is 13.2. The molecule has 0 aliphatic carbocycles. The van der Waals surface area contributed by atoms with Crippen LogP contribution in [0.5, 0.6) is 0 Å². The van der Waals surface area contributed by atoms with E-state index in [-0.39, 0.29) is 5.82 Å². The van der Waals surface area contributed by atoms with Crippen LogP contribution in [0.25, 0.3) is 0 Å². The molecule has 1 aliphatic heterocycles. The third kappa shape index (κ3) is 5.17. The molecule has 3 rings (SSSR count). The molecule has 0 bridgehead atoms. The van der Waals surface area contributed by atoms with Crippen molar-refractivity contribution in [1.29, 1.82) is 0 Å². The lowest BCUT2D eigenvalue weighted by Crippen LogP contribution is -2.52. The van der Waals surface area contributed by atoms with Crippen molar-refractivity contribution < 1.29 is 9.50 Å². The summed E-state index contributed by atoms with van der Waals surface area (Å²) < 4.78 is 13.1. The van der Waals surface area contributed by atoms with E-state index in [2.05, 4.69) is 25.1 Å². The van der Waals surface area contributed by atoms with E-state index in [1.807, 2.05) is 19.1 Å². The molecular weight excluding hydrogens is 345 g/mol.